The largest absolute Gasteiger partial charge is 0.381 e. The fraction of sp³-hybridized carbons (Fsp3) is 0.238. The molecular weight excluding hydrogens is 312 g/mol. The molecule has 0 amide bonds. The van der Waals surface area contributed by atoms with Gasteiger partial charge in [-0.05, 0) is 40.6 Å². The predicted molar refractivity (Wildman–Crippen MR) is 107 cm³/mol. The molecule has 3 heteroatoms. The summed E-state index contributed by atoms with van der Waals surface area (Å²) in [5.74, 6) is 2.47. The molecule has 3 aromatic carbocycles. The highest BCUT2D eigenvalue weighted by Crippen LogP contribution is 2.23. The van der Waals surface area contributed by atoms with E-state index in [4.69, 9.17) is 0 Å². The molecule has 24 heavy (non-hydrogen) atoms. The van der Waals surface area contributed by atoms with Gasteiger partial charge in [0, 0.05) is 42.5 Å². The molecule has 1 aliphatic heterocycles. The number of fused-ring (bicyclic) bond motifs is 1. The van der Waals surface area contributed by atoms with Crippen LogP contribution in [-0.2, 0) is 6.54 Å². The summed E-state index contributed by atoms with van der Waals surface area (Å²) in [4.78, 5) is 2.48. The van der Waals surface area contributed by atoms with Gasteiger partial charge in [-0.2, -0.15) is 11.8 Å². The Kier molecular flexibility index (Phi) is 4.61. The standard InChI is InChI=1S/C21H22N2S/c1-2-7-21-17(4-1)5-3-6-18(21)16-22-19-8-10-20(11-9-19)23-12-14-24-15-13-23/h1-11,22H,12-16H2. The van der Waals surface area contributed by atoms with E-state index in [9.17, 15) is 0 Å². The highest BCUT2D eigenvalue weighted by molar-refractivity contribution is 7.99. The molecule has 1 aliphatic rings. The molecule has 0 bridgehead atoms. The highest BCUT2D eigenvalue weighted by Gasteiger charge is 2.10. The number of benzene rings is 3. The molecule has 0 radical (unpaired) electrons. The van der Waals surface area contributed by atoms with E-state index in [0.29, 0.717) is 0 Å². The lowest BCUT2D eigenvalue weighted by molar-refractivity contribution is 0.859. The third-order valence-corrected chi connectivity index (χ3v) is 5.55. The zero-order chi connectivity index (χ0) is 16.2. The molecule has 0 spiro atoms. The van der Waals surface area contributed by atoms with Crippen LogP contribution in [0.2, 0.25) is 0 Å². The summed E-state index contributed by atoms with van der Waals surface area (Å²) in [6.45, 7) is 3.17. The molecule has 1 saturated heterocycles. The molecule has 0 aliphatic carbocycles. The number of nitrogens with zero attached hydrogens (tertiary/aromatic N) is 1. The van der Waals surface area contributed by atoms with Gasteiger partial charge in [-0.25, -0.2) is 0 Å². The lowest BCUT2D eigenvalue weighted by Crippen LogP contribution is -2.32. The van der Waals surface area contributed by atoms with Crippen molar-refractivity contribution in [1.82, 2.24) is 0 Å². The number of nitrogens with one attached hydrogen (secondary N) is 1. The summed E-state index contributed by atoms with van der Waals surface area (Å²) in [6.07, 6.45) is 0. The second-order valence-electron chi connectivity index (χ2n) is 6.14. The van der Waals surface area contributed by atoms with Crippen LogP contribution in [0.25, 0.3) is 10.8 Å². The maximum atomic E-state index is 3.56. The summed E-state index contributed by atoms with van der Waals surface area (Å²) in [5.41, 5.74) is 3.86. The van der Waals surface area contributed by atoms with Gasteiger partial charge >= 0.3 is 0 Å². The topological polar surface area (TPSA) is 15.3 Å². The zero-order valence-corrected chi connectivity index (χ0v) is 14.6. The number of hydrogen-bond donors (Lipinski definition) is 1. The minimum atomic E-state index is 0.848. The van der Waals surface area contributed by atoms with Crippen LogP contribution in [0.1, 0.15) is 5.56 Å². The first-order valence-electron chi connectivity index (χ1n) is 8.53. The third kappa shape index (κ3) is 3.36. The van der Waals surface area contributed by atoms with Gasteiger partial charge < -0.3 is 10.2 Å². The van der Waals surface area contributed by atoms with E-state index >= 15 is 0 Å². The number of rotatable bonds is 4. The molecule has 0 saturated carbocycles. The molecule has 4 rings (SSSR count). The van der Waals surface area contributed by atoms with Crippen molar-refractivity contribution in [3.8, 4) is 0 Å². The van der Waals surface area contributed by atoms with Crippen molar-refractivity contribution in [3.05, 3.63) is 72.3 Å². The van der Waals surface area contributed by atoms with Gasteiger partial charge in [0.1, 0.15) is 0 Å². The van der Waals surface area contributed by atoms with Crippen molar-refractivity contribution in [2.45, 2.75) is 6.54 Å². The smallest absolute Gasteiger partial charge is 0.0406 e. The van der Waals surface area contributed by atoms with E-state index in [1.165, 1.54) is 39.2 Å². The second kappa shape index (κ2) is 7.18. The minimum absolute atomic E-state index is 0.848. The molecular formula is C21H22N2S. The predicted octanol–water partition coefficient (Wildman–Crippen LogP) is 5.01. The molecule has 1 heterocycles. The van der Waals surface area contributed by atoms with Gasteiger partial charge in [0.25, 0.3) is 0 Å². The minimum Gasteiger partial charge on any atom is -0.381 e. The third-order valence-electron chi connectivity index (χ3n) is 4.61. The number of hydrogen-bond acceptors (Lipinski definition) is 3. The first-order chi connectivity index (χ1) is 11.9. The van der Waals surface area contributed by atoms with Gasteiger partial charge in [-0.3, -0.25) is 0 Å². The Morgan fingerprint density at radius 1 is 0.833 bits per heavy atom. The Hall–Kier alpha value is -2.13. The summed E-state index contributed by atoms with van der Waals surface area (Å²) >= 11 is 2.05. The molecule has 0 atom stereocenters. The van der Waals surface area contributed by atoms with Crippen LogP contribution in [-0.4, -0.2) is 24.6 Å². The van der Waals surface area contributed by atoms with Crippen molar-refractivity contribution < 1.29 is 0 Å². The van der Waals surface area contributed by atoms with Gasteiger partial charge in [-0.1, -0.05) is 42.5 Å². The Morgan fingerprint density at radius 2 is 1.58 bits per heavy atom. The van der Waals surface area contributed by atoms with Crippen molar-refractivity contribution in [1.29, 1.82) is 0 Å². The Labute approximate surface area is 147 Å². The first kappa shape index (κ1) is 15.4. The van der Waals surface area contributed by atoms with Gasteiger partial charge in [0.05, 0.1) is 0 Å². The van der Waals surface area contributed by atoms with Gasteiger partial charge in [0.15, 0.2) is 0 Å². The first-order valence-corrected chi connectivity index (χ1v) is 9.69. The molecule has 2 nitrogen and oxygen atoms in total. The van der Waals surface area contributed by atoms with E-state index < -0.39 is 0 Å². The second-order valence-corrected chi connectivity index (χ2v) is 7.36. The van der Waals surface area contributed by atoms with Crippen LogP contribution < -0.4 is 10.2 Å². The maximum Gasteiger partial charge on any atom is 0.0406 e. The summed E-state index contributed by atoms with van der Waals surface area (Å²) in [5, 5.41) is 6.19. The summed E-state index contributed by atoms with van der Waals surface area (Å²) in [7, 11) is 0. The van der Waals surface area contributed by atoms with Crippen LogP contribution in [0.3, 0.4) is 0 Å². The summed E-state index contributed by atoms with van der Waals surface area (Å²) < 4.78 is 0. The van der Waals surface area contributed by atoms with E-state index in [1.807, 2.05) is 11.8 Å². The van der Waals surface area contributed by atoms with Gasteiger partial charge in [-0.15, -0.1) is 0 Å². The van der Waals surface area contributed by atoms with Crippen LogP contribution in [0, 0.1) is 0 Å². The van der Waals surface area contributed by atoms with Crippen molar-refractivity contribution in [2.75, 3.05) is 34.8 Å². The van der Waals surface area contributed by atoms with Crippen molar-refractivity contribution in [3.63, 3.8) is 0 Å². The fourth-order valence-corrected chi connectivity index (χ4v) is 4.16. The number of thioether (sulfide) groups is 1. The molecule has 1 fully saturated rings. The molecule has 0 aromatic heterocycles. The van der Waals surface area contributed by atoms with Gasteiger partial charge in [0.2, 0.25) is 0 Å². The number of anilines is 2. The molecule has 3 aromatic rings. The Balaban J connectivity index is 1.45. The maximum absolute atomic E-state index is 3.56. The van der Waals surface area contributed by atoms with Crippen LogP contribution >= 0.6 is 11.8 Å². The van der Waals surface area contributed by atoms with E-state index in [0.717, 1.165) is 19.6 Å². The fourth-order valence-electron chi connectivity index (χ4n) is 3.26. The Morgan fingerprint density at radius 3 is 2.42 bits per heavy atom. The quantitative estimate of drug-likeness (QED) is 0.722. The molecule has 0 unspecified atom stereocenters. The van der Waals surface area contributed by atoms with E-state index in [-0.39, 0.29) is 0 Å². The Bertz CT molecular complexity index is 802. The summed E-state index contributed by atoms with van der Waals surface area (Å²) in [6, 6.07) is 24.0. The van der Waals surface area contributed by atoms with E-state index in [2.05, 4.69) is 76.9 Å². The average molecular weight is 334 g/mol. The van der Waals surface area contributed by atoms with Crippen molar-refractivity contribution in [2.24, 2.45) is 0 Å². The molecule has 122 valence electrons. The monoisotopic (exact) mass is 334 g/mol. The van der Waals surface area contributed by atoms with Crippen LogP contribution in [0.15, 0.2) is 66.7 Å². The highest BCUT2D eigenvalue weighted by atomic mass is 32.2. The van der Waals surface area contributed by atoms with Crippen LogP contribution in [0.5, 0.6) is 0 Å². The molecule has 1 N–H and O–H groups in total. The van der Waals surface area contributed by atoms with Crippen molar-refractivity contribution >= 4 is 33.9 Å². The zero-order valence-electron chi connectivity index (χ0n) is 13.7. The lowest BCUT2D eigenvalue weighted by atomic mass is 10.0. The normalized spacial score (nSPS) is 14.8. The van der Waals surface area contributed by atoms with E-state index in [1.54, 1.807) is 0 Å². The SMILES string of the molecule is c1ccc2c(CNc3ccc(N4CCSCC4)cc3)cccc2c1. The lowest BCUT2D eigenvalue weighted by Gasteiger charge is -2.28. The van der Waals surface area contributed by atoms with Crippen LogP contribution in [0.4, 0.5) is 11.4 Å². The average Bonchev–Trinajstić information content (AvgIpc) is 2.67.